The minimum atomic E-state index is -0.928. The summed E-state index contributed by atoms with van der Waals surface area (Å²) >= 11 is 0. The number of piperazine rings is 1. The summed E-state index contributed by atoms with van der Waals surface area (Å²) in [5, 5.41) is 9.53. The van der Waals surface area contributed by atoms with Crippen LogP contribution >= 0.6 is 0 Å². The van der Waals surface area contributed by atoms with Crippen molar-refractivity contribution in [1.82, 2.24) is 19.4 Å². The number of anilines is 2. The van der Waals surface area contributed by atoms with Gasteiger partial charge in [-0.2, -0.15) is 0 Å². The molecule has 7 rings (SSSR count). The van der Waals surface area contributed by atoms with Crippen molar-refractivity contribution < 1.29 is 19.4 Å². The molecular weight excluding hydrogens is 520 g/mol. The van der Waals surface area contributed by atoms with E-state index in [0.29, 0.717) is 19.7 Å². The molecule has 0 amide bonds. The molecule has 1 N–H and O–H groups in total. The highest BCUT2D eigenvalue weighted by Gasteiger charge is 2.26. The van der Waals surface area contributed by atoms with Gasteiger partial charge in [-0.05, 0) is 42.3 Å². The fraction of sp³-hybridized carbons (Fsp3) is 0.387. The van der Waals surface area contributed by atoms with E-state index in [9.17, 15) is 9.90 Å². The van der Waals surface area contributed by atoms with Gasteiger partial charge in [0, 0.05) is 39.3 Å². The summed E-state index contributed by atoms with van der Waals surface area (Å²) in [6, 6.07) is 19.8. The lowest BCUT2D eigenvalue weighted by atomic mass is 10.1. The predicted molar refractivity (Wildman–Crippen MR) is 156 cm³/mol. The Morgan fingerprint density at radius 2 is 1.76 bits per heavy atom. The van der Waals surface area contributed by atoms with E-state index in [-0.39, 0.29) is 11.7 Å². The summed E-state index contributed by atoms with van der Waals surface area (Å²) in [5.41, 5.74) is 3.21. The molecule has 41 heavy (non-hydrogen) atoms. The molecule has 1 unspecified atom stereocenters. The third-order valence-electron chi connectivity index (χ3n) is 8.27. The Balaban J connectivity index is 1.05. The summed E-state index contributed by atoms with van der Waals surface area (Å²) in [6.07, 6.45) is 1.16. The molecule has 3 aliphatic heterocycles. The fourth-order valence-corrected chi connectivity index (χ4v) is 5.87. The first kappa shape index (κ1) is 25.8. The Morgan fingerprint density at radius 1 is 0.927 bits per heavy atom. The van der Waals surface area contributed by atoms with Crippen LogP contribution in [0.25, 0.3) is 11.0 Å². The maximum Gasteiger partial charge on any atom is 0.335 e. The molecule has 0 spiro atoms. The largest absolute Gasteiger partial charge is 0.488 e. The smallest absolute Gasteiger partial charge is 0.335 e. The summed E-state index contributed by atoms with van der Waals surface area (Å²) in [7, 11) is 0. The highest BCUT2D eigenvalue weighted by Crippen LogP contribution is 2.33. The molecule has 0 radical (unpaired) electrons. The van der Waals surface area contributed by atoms with Crippen LogP contribution in [0, 0.1) is 0 Å². The van der Waals surface area contributed by atoms with E-state index < -0.39 is 5.97 Å². The zero-order valence-corrected chi connectivity index (χ0v) is 23.0. The second-order valence-corrected chi connectivity index (χ2v) is 10.9. The minimum absolute atomic E-state index is 0.150. The first-order valence-corrected chi connectivity index (χ1v) is 14.3. The number of fused-ring (bicyclic) bond motifs is 2. The van der Waals surface area contributed by atoms with Crippen LogP contribution in [0.3, 0.4) is 0 Å². The van der Waals surface area contributed by atoms with E-state index in [1.165, 1.54) is 5.56 Å². The van der Waals surface area contributed by atoms with Crippen molar-refractivity contribution in [2.24, 2.45) is 0 Å². The number of carboxylic acid groups (broad SMARTS) is 1. The minimum Gasteiger partial charge on any atom is -0.488 e. The van der Waals surface area contributed by atoms with Crippen LogP contribution in [-0.2, 0) is 24.4 Å². The molecule has 2 aromatic carbocycles. The van der Waals surface area contributed by atoms with Crippen LogP contribution in [0.15, 0.2) is 60.7 Å². The van der Waals surface area contributed by atoms with Gasteiger partial charge in [0.25, 0.3) is 0 Å². The number of imidazole rings is 1. The van der Waals surface area contributed by atoms with Crippen LogP contribution < -0.4 is 14.5 Å². The number of aromatic carboxylic acids is 1. The molecule has 2 aromatic heterocycles. The third kappa shape index (κ3) is 5.32. The lowest BCUT2D eigenvalue weighted by Gasteiger charge is -2.37. The highest BCUT2D eigenvalue weighted by molar-refractivity contribution is 5.92. The number of pyridine rings is 1. The SMILES string of the molecule is O=C(O)c1ccc2nc(CN3CCN(c4ccc5c(n4)N(Cc4ccccc4)CCO5)CC3)n(CC3CCO3)c2c1. The molecule has 5 heterocycles. The number of benzene rings is 2. The number of nitrogens with zero attached hydrogens (tertiary/aromatic N) is 6. The molecule has 2 fully saturated rings. The normalized spacial score (nSPS) is 19.1. The number of hydrogen-bond donors (Lipinski definition) is 1. The quantitative estimate of drug-likeness (QED) is 0.350. The number of ether oxygens (including phenoxy) is 2. The van der Waals surface area contributed by atoms with Crippen molar-refractivity contribution in [3.63, 3.8) is 0 Å². The van der Waals surface area contributed by atoms with Crippen LogP contribution in [0.1, 0.15) is 28.2 Å². The second-order valence-electron chi connectivity index (χ2n) is 10.9. The second kappa shape index (κ2) is 11.0. The van der Waals surface area contributed by atoms with Gasteiger partial charge < -0.3 is 28.9 Å². The maximum atomic E-state index is 11.6. The van der Waals surface area contributed by atoms with Crippen LogP contribution in [-0.4, -0.2) is 82.6 Å². The van der Waals surface area contributed by atoms with Gasteiger partial charge in [-0.25, -0.2) is 14.8 Å². The monoisotopic (exact) mass is 554 g/mol. The van der Waals surface area contributed by atoms with E-state index in [2.05, 4.69) is 55.7 Å². The summed E-state index contributed by atoms with van der Waals surface area (Å²) in [5.74, 6) is 2.75. The average molecular weight is 555 g/mol. The van der Waals surface area contributed by atoms with Crippen molar-refractivity contribution in [2.75, 3.05) is 55.7 Å². The van der Waals surface area contributed by atoms with Gasteiger partial charge >= 0.3 is 5.97 Å². The summed E-state index contributed by atoms with van der Waals surface area (Å²) < 4.78 is 13.8. The molecule has 0 bridgehead atoms. The standard InChI is InChI=1S/C31H34N6O4/c38-31(39)23-6-7-25-26(18-23)37(20-24-10-16-40-24)29(32-25)21-34-11-13-35(14-12-34)28-9-8-27-30(33-28)36(15-17-41-27)19-22-4-2-1-3-5-22/h1-9,18,24H,10-17,19-21H2,(H,38,39). The molecule has 212 valence electrons. The summed E-state index contributed by atoms with van der Waals surface area (Å²) in [6.45, 7) is 7.94. The molecule has 4 aromatic rings. The molecule has 10 nitrogen and oxygen atoms in total. The number of hydrogen-bond acceptors (Lipinski definition) is 8. The van der Waals surface area contributed by atoms with Crippen molar-refractivity contribution >= 4 is 28.6 Å². The number of carbonyl (C=O) groups is 1. The van der Waals surface area contributed by atoms with E-state index >= 15 is 0 Å². The number of aromatic nitrogens is 3. The van der Waals surface area contributed by atoms with Crippen molar-refractivity contribution in [2.45, 2.75) is 32.2 Å². The first-order valence-electron chi connectivity index (χ1n) is 14.3. The molecule has 0 saturated carbocycles. The zero-order valence-electron chi connectivity index (χ0n) is 23.0. The van der Waals surface area contributed by atoms with E-state index in [0.717, 1.165) is 86.5 Å². The van der Waals surface area contributed by atoms with Crippen molar-refractivity contribution in [3.8, 4) is 5.75 Å². The molecule has 0 aliphatic carbocycles. The topological polar surface area (TPSA) is 96.2 Å². The predicted octanol–water partition coefficient (Wildman–Crippen LogP) is 3.64. The van der Waals surface area contributed by atoms with Gasteiger partial charge in [-0.3, -0.25) is 4.90 Å². The highest BCUT2D eigenvalue weighted by atomic mass is 16.5. The lowest BCUT2D eigenvalue weighted by molar-refractivity contribution is -0.0592. The molecular formula is C31H34N6O4. The van der Waals surface area contributed by atoms with Crippen molar-refractivity contribution in [3.05, 3.63) is 77.6 Å². The van der Waals surface area contributed by atoms with Gasteiger partial charge in [0.15, 0.2) is 11.6 Å². The Labute approximate surface area is 238 Å². The van der Waals surface area contributed by atoms with Gasteiger partial charge in [0.1, 0.15) is 18.2 Å². The first-order chi connectivity index (χ1) is 20.1. The Bertz CT molecular complexity index is 1550. The third-order valence-corrected chi connectivity index (χ3v) is 8.27. The number of carboxylic acids is 1. The van der Waals surface area contributed by atoms with E-state index in [4.69, 9.17) is 19.4 Å². The number of rotatable bonds is 8. The molecule has 2 saturated heterocycles. The molecule has 1 atom stereocenters. The molecule has 3 aliphatic rings. The lowest BCUT2D eigenvalue weighted by Crippen LogP contribution is -2.46. The van der Waals surface area contributed by atoms with Crippen molar-refractivity contribution in [1.29, 1.82) is 0 Å². The Morgan fingerprint density at radius 3 is 2.51 bits per heavy atom. The van der Waals surface area contributed by atoms with Gasteiger partial charge in [-0.15, -0.1) is 0 Å². The maximum absolute atomic E-state index is 11.6. The summed E-state index contributed by atoms with van der Waals surface area (Å²) in [4.78, 5) is 28.7. The van der Waals surface area contributed by atoms with Crippen LogP contribution in [0.2, 0.25) is 0 Å². The van der Waals surface area contributed by atoms with Gasteiger partial charge in [-0.1, -0.05) is 30.3 Å². The van der Waals surface area contributed by atoms with Crippen LogP contribution in [0.5, 0.6) is 5.75 Å². The Hall–Kier alpha value is -4.15. The fourth-order valence-electron chi connectivity index (χ4n) is 5.87. The van der Waals surface area contributed by atoms with Crippen LogP contribution in [0.4, 0.5) is 11.6 Å². The van der Waals surface area contributed by atoms with E-state index in [1.807, 2.05) is 12.1 Å². The molecule has 10 heteroatoms. The van der Waals surface area contributed by atoms with Gasteiger partial charge in [0.05, 0.1) is 42.3 Å². The average Bonchev–Trinajstić information content (AvgIpc) is 3.31. The Kier molecular flexibility index (Phi) is 6.93. The van der Waals surface area contributed by atoms with E-state index in [1.54, 1.807) is 12.1 Å². The zero-order chi connectivity index (χ0) is 27.8. The van der Waals surface area contributed by atoms with Gasteiger partial charge in [0.2, 0.25) is 0 Å².